The number of carbonyl (C=O) groups excluding carboxylic acids is 1. The van der Waals surface area contributed by atoms with Gasteiger partial charge in [0.15, 0.2) is 21.5 Å². The molecule has 1 aliphatic rings. The van der Waals surface area contributed by atoms with Crippen LogP contribution in [0.5, 0.6) is 17.2 Å². The molecule has 1 heterocycles. The summed E-state index contributed by atoms with van der Waals surface area (Å²) in [5, 5.41) is 15.9. The molecule has 14 heteroatoms. The molecule has 4 aromatic carbocycles. The smallest absolute Gasteiger partial charge is 0.252 e. The third-order valence-electron chi connectivity index (χ3n) is 8.12. The first-order chi connectivity index (χ1) is 24.2. The zero-order chi connectivity index (χ0) is 35.6. The zero-order valence-corrected chi connectivity index (χ0v) is 28.4. The molecule has 2 N–H and O–H groups in total. The van der Waals surface area contributed by atoms with Crippen LogP contribution >= 0.6 is 0 Å². The Kier molecular flexibility index (Phi) is 11.6. The highest BCUT2D eigenvalue weighted by atomic mass is 32.2. The molecule has 0 radical (unpaired) electrons. The summed E-state index contributed by atoms with van der Waals surface area (Å²) in [5.41, 5.74) is 9.25. The van der Waals surface area contributed by atoms with Gasteiger partial charge in [-0.15, -0.1) is 0 Å². The Balaban J connectivity index is 1.60. The second-order valence-corrected chi connectivity index (χ2v) is 13.4. The molecule has 260 valence electrons. The van der Waals surface area contributed by atoms with E-state index >= 15 is 0 Å². The van der Waals surface area contributed by atoms with E-state index in [1.807, 2.05) is 0 Å². The monoisotopic (exact) mass is 699 g/mol. The number of hydrogen-bond acceptors (Lipinski definition) is 10. The number of nitrogens with one attached hydrogen (secondary N) is 1. The van der Waals surface area contributed by atoms with E-state index in [1.165, 1.54) is 26.4 Å². The fourth-order valence-electron chi connectivity index (χ4n) is 5.54. The lowest BCUT2D eigenvalue weighted by molar-refractivity contribution is -0.129. The van der Waals surface area contributed by atoms with Gasteiger partial charge in [-0.25, -0.2) is 13.4 Å². The van der Waals surface area contributed by atoms with Gasteiger partial charge in [-0.3, -0.25) is 4.79 Å². The van der Waals surface area contributed by atoms with Crippen LogP contribution in [0.25, 0.3) is 10.4 Å². The first kappa shape index (κ1) is 35.7. The molecule has 0 saturated heterocycles. The van der Waals surface area contributed by atoms with Gasteiger partial charge in [-0.1, -0.05) is 47.6 Å². The van der Waals surface area contributed by atoms with Crippen molar-refractivity contribution in [1.82, 2.24) is 5.32 Å². The summed E-state index contributed by atoms with van der Waals surface area (Å²) in [6.45, 7) is 0.343. The predicted octanol–water partition coefficient (Wildman–Crippen LogP) is 5.84. The number of aliphatic imine (C=N–C) groups is 1. The number of hydrogen-bond donors (Lipinski definition) is 2. The molecule has 1 amide bonds. The first-order valence-electron chi connectivity index (χ1n) is 15.8. The first-order valence-corrected chi connectivity index (χ1v) is 17.4. The summed E-state index contributed by atoms with van der Waals surface area (Å²) in [6, 6.07) is 26.6. The fraction of sp³-hybridized carbons (Fsp3) is 0.278. The topological polar surface area (TPSA) is 182 Å². The molecule has 5 rings (SSSR count). The van der Waals surface area contributed by atoms with Crippen LogP contribution in [0.1, 0.15) is 35.6 Å². The van der Waals surface area contributed by atoms with Crippen LogP contribution in [0.15, 0.2) is 112 Å². The number of azide groups is 1. The van der Waals surface area contributed by atoms with E-state index in [4.69, 9.17) is 29.0 Å². The Labute approximate surface area is 290 Å². The van der Waals surface area contributed by atoms with E-state index in [2.05, 4.69) is 15.3 Å². The fourth-order valence-corrected chi connectivity index (χ4v) is 6.92. The molecule has 0 aromatic heterocycles. The van der Waals surface area contributed by atoms with Gasteiger partial charge in [0.1, 0.15) is 17.2 Å². The van der Waals surface area contributed by atoms with Gasteiger partial charge in [-0.05, 0) is 59.6 Å². The number of carbonyl (C=O) groups is 1. The van der Waals surface area contributed by atoms with Gasteiger partial charge < -0.3 is 29.4 Å². The van der Waals surface area contributed by atoms with Crippen molar-refractivity contribution in [2.75, 3.05) is 33.2 Å². The molecule has 50 heavy (non-hydrogen) atoms. The minimum Gasteiger partial charge on any atom is -0.497 e. The van der Waals surface area contributed by atoms with Crippen LogP contribution in [0, 0.1) is 0 Å². The summed E-state index contributed by atoms with van der Waals surface area (Å²) < 4.78 is 50.2. The van der Waals surface area contributed by atoms with E-state index < -0.39 is 33.1 Å². The van der Waals surface area contributed by atoms with Crippen LogP contribution < -0.4 is 19.5 Å². The largest absolute Gasteiger partial charge is 0.497 e. The Morgan fingerprint density at radius 2 is 1.66 bits per heavy atom. The third kappa shape index (κ3) is 8.17. The standard InChI is InChI=1S/C36H37N5O8S/c1-46-28-21-25(22-29(23-28)47-2)24-38-35(43)36(17-20-50(44,45)30-9-4-3-5-10-30)33(31-11-6-7-12-32(31)40-41-37)49-34(39-36)26-13-15-27(16-14-26)48-19-8-18-42/h3-7,9-16,21-23,33,42H,8,17-20,24H2,1-2H3,(H,38,43)/t33-,36-/m1/s1. The molecular formula is C36H37N5O8S. The molecule has 0 spiro atoms. The lowest BCUT2D eigenvalue weighted by atomic mass is 9.84. The van der Waals surface area contributed by atoms with Crippen LogP contribution in [0.3, 0.4) is 0 Å². The lowest BCUT2D eigenvalue weighted by Gasteiger charge is -2.31. The minimum absolute atomic E-state index is 0.00304. The van der Waals surface area contributed by atoms with Crippen molar-refractivity contribution in [1.29, 1.82) is 0 Å². The number of aliphatic hydroxyl groups is 1. The van der Waals surface area contributed by atoms with Crippen molar-refractivity contribution < 1.29 is 37.3 Å². The Morgan fingerprint density at radius 3 is 2.32 bits per heavy atom. The van der Waals surface area contributed by atoms with Crippen LogP contribution in [0.2, 0.25) is 0 Å². The second-order valence-electron chi connectivity index (χ2n) is 11.3. The predicted molar refractivity (Wildman–Crippen MR) is 186 cm³/mol. The van der Waals surface area contributed by atoms with Crippen molar-refractivity contribution in [3.8, 4) is 17.2 Å². The number of nitrogens with zero attached hydrogens (tertiary/aromatic N) is 4. The van der Waals surface area contributed by atoms with E-state index in [1.54, 1.807) is 84.9 Å². The normalized spacial score (nSPS) is 16.8. The van der Waals surface area contributed by atoms with E-state index in [0.717, 1.165) is 0 Å². The van der Waals surface area contributed by atoms with Crippen molar-refractivity contribution in [2.45, 2.75) is 35.9 Å². The van der Waals surface area contributed by atoms with Gasteiger partial charge in [0.05, 0.1) is 31.5 Å². The summed E-state index contributed by atoms with van der Waals surface area (Å²) >= 11 is 0. The SMILES string of the molecule is COc1cc(CNC(=O)[C@]2(CCS(=O)(=O)c3ccccc3)N=C(c3ccc(OCCCO)cc3)O[C@@H]2c2ccccc2N=[N+]=[N-])cc(OC)c1. The molecule has 0 fully saturated rings. The van der Waals surface area contributed by atoms with Gasteiger partial charge in [-0.2, -0.15) is 0 Å². The summed E-state index contributed by atoms with van der Waals surface area (Å²) in [7, 11) is -0.846. The van der Waals surface area contributed by atoms with E-state index in [-0.39, 0.29) is 36.1 Å². The Morgan fingerprint density at radius 1 is 0.980 bits per heavy atom. The quantitative estimate of drug-likeness (QED) is 0.0633. The van der Waals surface area contributed by atoms with Crippen molar-refractivity contribution >= 4 is 27.3 Å². The van der Waals surface area contributed by atoms with Crippen LogP contribution in [0.4, 0.5) is 5.69 Å². The Bertz CT molecular complexity index is 1960. The number of aliphatic hydroxyl groups excluding tert-OH is 1. The van der Waals surface area contributed by atoms with Gasteiger partial charge in [0, 0.05) is 53.8 Å². The summed E-state index contributed by atoms with van der Waals surface area (Å²) in [4.78, 5) is 22.6. The van der Waals surface area contributed by atoms with E-state index in [0.29, 0.717) is 47.0 Å². The molecule has 2 atom stereocenters. The zero-order valence-electron chi connectivity index (χ0n) is 27.6. The van der Waals surface area contributed by atoms with Gasteiger partial charge in [0.2, 0.25) is 5.90 Å². The molecule has 13 nitrogen and oxygen atoms in total. The minimum atomic E-state index is -3.88. The maximum atomic E-state index is 14.6. The van der Waals surface area contributed by atoms with Crippen molar-refractivity contribution in [3.05, 3.63) is 124 Å². The number of ether oxygens (including phenoxy) is 4. The Hall–Kier alpha value is -5.56. The highest BCUT2D eigenvalue weighted by Crippen LogP contribution is 2.46. The van der Waals surface area contributed by atoms with Crippen molar-refractivity contribution in [3.63, 3.8) is 0 Å². The van der Waals surface area contributed by atoms with E-state index in [9.17, 15) is 18.7 Å². The van der Waals surface area contributed by atoms with Crippen LogP contribution in [-0.4, -0.2) is 64.1 Å². The second kappa shape index (κ2) is 16.2. The number of methoxy groups -OCH3 is 2. The molecule has 0 saturated carbocycles. The molecular weight excluding hydrogens is 662 g/mol. The number of amides is 1. The molecule has 0 unspecified atom stereocenters. The molecule has 0 bridgehead atoms. The maximum absolute atomic E-state index is 14.6. The maximum Gasteiger partial charge on any atom is 0.252 e. The third-order valence-corrected chi connectivity index (χ3v) is 9.85. The highest BCUT2D eigenvalue weighted by molar-refractivity contribution is 7.91. The average molecular weight is 700 g/mol. The summed E-state index contributed by atoms with van der Waals surface area (Å²) in [6.07, 6.45) is -1.00. The van der Waals surface area contributed by atoms with Gasteiger partial charge in [0.25, 0.3) is 5.91 Å². The number of benzene rings is 4. The molecule has 0 aliphatic carbocycles. The lowest BCUT2D eigenvalue weighted by Crippen LogP contribution is -2.49. The molecule has 1 aliphatic heterocycles. The van der Waals surface area contributed by atoms with Gasteiger partial charge >= 0.3 is 0 Å². The van der Waals surface area contributed by atoms with Crippen molar-refractivity contribution in [2.24, 2.45) is 10.1 Å². The number of sulfone groups is 1. The number of rotatable bonds is 16. The van der Waals surface area contributed by atoms with Crippen LogP contribution in [-0.2, 0) is 25.9 Å². The summed E-state index contributed by atoms with van der Waals surface area (Å²) in [5.74, 6) is 0.622. The average Bonchev–Trinajstić information content (AvgIpc) is 3.54. The molecule has 4 aromatic rings. The highest BCUT2D eigenvalue weighted by Gasteiger charge is 2.54.